The molecule has 114 valence electrons. The standard InChI is InChI=1S/C10H21N3O4.C2H6/c11-3-5-16-7-8-17-6-4-13-10(15)2-1-9(12)14;1-2/h1-8,11H2,(H2,12,14)(H,13,15);1-2H3. The molecule has 0 radical (unpaired) electrons. The molecule has 0 aliphatic heterocycles. The lowest BCUT2D eigenvalue weighted by Gasteiger charge is -2.06. The van der Waals surface area contributed by atoms with Gasteiger partial charge < -0.3 is 26.3 Å². The predicted octanol–water partition coefficient (Wildman–Crippen LogP) is -0.614. The van der Waals surface area contributed by atoms with Crippen LogP contribution in [0, 0.1) is 0 Å². The van der Waals surface area contributed by atoms with Crippen LogP contribution in [0.1, 0.15) is 26.7 Å². The van der Waals surface area contributed by atoms with E-state index in [9.17, 15) is 9.59 Å². The number of nitrogens with one attached hydrogen (secondary N) is 1. The maximum atomic E-state index is 11.1. The topological polar surface area (TPSA) is 117 Å². The number of ether oxygens (including phenoxy) is 2. The fourth-order valence-electron chi connectivity index (χ4n) is 0.993. The van der Waals surface area contributed by atoms with Crippen LogP contribution in [0.4, 0.5) is 0 Å². The third kappa shape index (κ3) is 19.3. The number of carbonyl (C=O) groups excluding carboxylic acids is 2. The summed E-state index contributed by atoms with van der Waals surface area (Å²) in [5.41, 5.74) is 10.1. The summed E-state index contributed by atoms with van der Waals surface area (Å²) in [6.45, 7) is 6.80. The molecule has 5 N–H and O–H groups in total. The summed E-state index contributed by atoms with van der Waals surface area (Å²) in [5, 5.41) is 2.61. The van der Waals surface area contributed by atoms with Crippen LogP contribution in [0.15, 0.2) is 0 Å². The van der Waals surface area contributed by atoms with Gasteiger partial charge in [-0.1, -0.05) is 13.8 Å². The molecule has 0 saturated carbocycles. The van der Waals surface area contributed by atoms with Gasteiger partial charge in [0.2, 0.25) is 11.8 Å². The molecule has 0 spiro atoms. The van der Waals surface area contributed by atoms with Crippen LogP contribution in [-0.2, 0) is 19.1 Å². The quantitative estimate of drug-likeness (QED) is 0.435. The van der Waals surface area contributed by atoms with Gasteiger partial charge in [0, 0.05) is 25.9 Å². The van der Waals surface area contributed by atoms with Crippen molar-refractivity contribution in [2.24, 2.45) is 11.5 Å². The molecule has 0 atom stereocenters. The molecule has 0 aromatic heterocycles. The summed E-state index contributed by atoms with van der Waals surface area (Å²) in [4.78, 5) is 21.5. The van der Waals surface area contributed by atoms with Gasteiger partial charge in [-0.25, -0.2) is 0 Å². The number of hydrogen-bond acceptors (Lipinski definition) is 5. The third-order valence-electron chi connectivity index (χ3n) is 1.80. The zero-order valence-electron chi connectivity index (χ0n) is 11.9. The van der Waals surface area contributed by atoms with Crippen molar-refractivity contribution in [3.8, 4) is 0 Å². The first-order valence-corrected chi connectivity index (χ1v) is 6.57. The molecule has 0 aliphatic rings. The van der Waals surface area contributed by atoms with E-state index < -0.39 is 5.91 Å². The molecule has 19 heavy (non-hydrogen) atoms. The van der Waals surface area contributed by atoms with Crippen LogP contribution in [0.3, 0.4) is 0 Å². The van der Waals surface area contributed by atoms with Crippen LogP contribution >= 0.6 is 0 Å². The first-order valence-electron chi connectivity index (χ1n) is 6.57. The van der Waals surface area contributed by atoms with Gasteiger partial charge in [0.1, 0.15) is 0 Å². The van der Waals surface area contributed by atoms with Crippen molar-refractivity contribution in [1.82, 2.24) is 5.32 Å². The minimum atomic E-state index is -0.478. The van der Waals surface area contributed by atoms with E-state index in [0.29, 0.717) is 39.5 Å². The molecular formula is C12H27N3O4. The molecule has 0 bridgehead atoms. The highest BCUT2D eigenvalue weighted by atomic mass is 16.5. The van der Waals surface area contributed by atoms with E-state index >= 15 is 0 Å². The Balaban J connectivity index is 0. The van der Waals surface area contributed by atoms with Gasteiger partial charge in [0.05, 0.1) is 26.4 Å². The summed E-state index contributed by atoms with van der Waals surface area (Å²) in [6.07, 6.45) is 0.189. The Morgan fingerprint density at radius 2 is 1.58 bits per heavy atom. The maximum absolute atomic E-state index is 11.1. The summed E-state index contributed by atoms with van der Waals surface area (Å²) in [5.74, 6) is -0.680. The highest BCUT2D eigenvalue weighted by Gasteiger charge is 2.02. The molecule has 0 fully saturated rings. The molecule has 2 amide bonds. The van der Waals surface area contributed by atoms with E-state index in [0.717, 1.165) is 0 Å². The van der Waals surface area contributed by atoms with Crippen LogP contribution in [0.5, 0.6) is 0 Å². The summed E-state index contributed by atoms with van der Waals surface area (Å²) in [6, 6.07) is 0. The van der Waals surface area contributed by atoms with Gasteiger partial charge in [-0.15, -0.1) is 0 Å². The van der Waals surface area contributed by atoms with E-state index in [4.69, 9.17) is 20.9 Å². The van der Waals surface area contributed by atoms with Crippen LogP contribution in [0.2, 0.25) is 0 Å². The molecule has 0 aromatic rings. The zero-order chi connectivity index (χ0) is 14.9. The molecule has 7 nitrogen and oxygen atoms in total. The highest BCUT2D eigenvalue weighted by molar-refractivity contribution is 5.82. The maximum Gasteiger partial charge on any atom is 0.220 e. The van der Waals surface area contributed by atoms with Gasteiger partial charge in [0.15, 0.2) is 0 Å². The van der Waals surface area contributed by atoms with Gasteiger partial charge in [-0.05, 0) is 0 Å². The van der Waals surface area contributed by atoms with E-state index in [1.807, 2.05) is 13.8 Å². The molecule has 0 rings (SSSR count). The molecule has 0 saturated heterocycles. The van der Waals surface area contributed by atoms with Crippen LogP contribution in [0.25, 0.3) is 0 Å². The number of hydrogen-bond donors (Lipinski definition) is 3. The molecule has 0 unspecified atom stereocenters. The van der Waals surface area contributed by atoms with Crippen molar-refractivity contribution in [2.45, 2.75) is 26.7 Å². The largest absolute Gasteiger partial charge is 0.378 e. The van der Waals surface area contributed by atoms with Gasteiger partial charge >= 0.3 is 0 Å². The number of carbonyl (C=O) groups is 2. The predicted molar refractivity (Wildman–Crippen MR) is 73.5 cm³/mol. The van der Waals surface area contributed by atoms with Crippen molar-refractivity contribution in [1.29, 1.82) is 0 Å². The first-order chi connectivity index (χ1) is 9.16. The monoisotopic (exact) mass is 277 g/mol. The Morgan fingerprint density at radius 1 is 1.00 bits per heavy atom. The van der Waals surface area contributed by atoms with Crippen molar-refractivity contribution in [3.05, 3.63) is 0 Å². The fourth-order valence-corrected chi connectivity index (χ4v) is 0.993. The Hall–Kier alpha value is -1.18. The number of nitrogens with two attached hydrogens (primary N) is 2. The van der Waals surface area contributed by atoms with Crippen LogP contribution in [-0.4, -0.2) is 51.3 Å². The van der Waals surface area contributed by atoms with Gasteiger partial charge in [0.25, 0.3) is 0 Å². The van der Waals surface area contributed by atoms with E-state index in [1.54, 1.807) is 0 Å². The van der Waals surface area contributed by atoms with Crippen molar-refractivity contribution in [2.75, 3.05) is 39.5 Å². The van der Waals surface area contributed by atoms with Gasteiger partial charge in [-0.3, -0.25) is 9.59 Å². The minimum absolute atomic E-state index is 0.0691. The van der Waals surface area contributed by atoms with E-state index in [1.165, 1.54) is 0 Å². The average Bonchev–Trinajstić information content (AvgIpc) is 2.41. The number of amides is 2. The SMILES string of the molecule is CC.NCCOCCOCCNC(=O)CCC(N)=O. The molecule has 0 aliphatic carbocycles. The Bertz CT molecular complexity index is 225. The smallest absolute Gasteiger partial charge is 0.220 e. The third-order valence-corrected chi connectivity index (χ3v) is 1.80. The molecule has 0 aromatic carbocycles. The number of primary amides is 1. The Kier molecular flexibility index (Phi) is 17.8. The first kappa shape index (κ1) is 20.1. The fraction of sp³-hybridized carbons (Fsp3) is 0.833. The Morgan fingerprint density at radius 3 is 2.11 bits per heavy atom. The average molecular weight is 277 g/mol. The summed E-state index contributed by atoms with van der Waals surface area (Å²) in [7, 11) is 0. The lowest BCUT2D eigenvalue weighted by molar-refractivity contribution is -0.125. The van der Waals surface area contributed by atoms with Crippen molar-refractivity contribution in [3.63, 3.8) is 0 Å². The van der Waals surface area contributed by atoms with E-state index in [-0.39, 0.29) is 18.7 Å². The highest BCUT2D eigenvalue weighted by Crippen LogP contribution is 1.86. The second kappa shape index (κ2) is 16.8. The second-order valence-corrected chi connectivity index (χ2v) is 3.33. The minimum Gasteiger partial charge on any atom is -0.378 e. The Labute approximate surface area is 115 Å². The zero-order valence-corrected chi connectivity index (χ0v) is 11.9. The van der Waals surface area contributed by atoms with Crippen molar-refractivity contribution >= 4 is 11.8 Å². The second-order valence-electron chi connectivity index (χ2n) is 3.33. The molecular weight excluding hydrogens is 250 g/mol. The lowest BCUT2D eigenvalue weighted by Crippen LogP contribution is -2.28. The van der Waals surface area contributed by atoms with Crippen LogP contribution < -0.4 is 16.8 Å². The summed E-state index contributed by atoms with van der Waals surface area (Å²) >= 11 is 0. The molecule has 0 heterocycles. The summed E-state index contributed by atoms with van der Waals surface area (Å²) < 4.78 is 10.3. The molecule has 7 heteroatoms. The number of rotatable bonds is 11. The van der Waals surface area contributed by atoms with E-state index in [2.05, 4.69) is 5.32 Å². The lowest BCUT2D eigenvalue weighted by atomic mass is 10.3. The van der Waals surface area contributed by atoms with Gasteiger partial charge in [-0.2, -0.15) is 0 Å². The van der Waals surface area contributed by atoms with Crippen molar-refractivity contribution < 1.29 is 19.1 Å². The normalized spacial score (nSPS) is 9.42.